The van der Waals surface area contributed by atoms with Crippen LogP contribution >= 0.6 is 7.14 Å². The topological polar surface area (TPSA) is 94.0 Å². The average molecular weight is 491 g/mol. The zero-order chi connectivity index (χ0) is 25.0. The molecule has 4 rings (SSSR count). The maximum atomic E-state index is 12.4. The monoisotopic (exact) mass is 490 g/mol. The smallest absolute Gasteiger partial charge is 0.226 e. The van der Waals surface area contributed by atoms with Crippen LogP contribution in [-0.2, 0) is 9.30 Å². The summed E-state index contributed by atoms with van der Waals surface area (Å²) in [5.74, 6) is 1.06. The minimum atomic E-state index is -2.32. The number of benzene rings is 2. The van der Waals surface area contributed by atoms with E-state index in [1.165, 1.54) is 16.7 Å². The fraction of sp³-hybridized carbons (Fsp3) is 0.269. The maximum absolute atomic E-state index is 12.4. The Hall–Kier alpha value is -3.48. The number of ether oxygens (including phenoxy) is 1. The molecule has 0 aliphatic rings. The van der Waals surface area contributed by atoms with Gasteiger partial charge in [-0.3, -0.25) is 4.57 Å². The van der Waals surface area contributed by atoms with Gasteiger partial charge in [0.1, 0.15) is 13.5 Å². The Morgan fingerprint density at radius 3 is 2.43 bits per heavy atom. The normalized spacial score (nSPS) is 11.9. The summed E-state index contributed by atoms with van der Waals surface area (Å²) >= 11 is 0. The Labute approximate surface area is 205 Å². The first-order valence-electron chi connectivity index (χ1n) is 11.4. The van der Waals surface area contributed by atoms with E-state index < -0.39 is 7.14 Å². The van der Waals surface area contributed by atoms with E-state index in [1.54, 1.807) is 26.8 Å². The quantitative estimate of drug-likeness (QED) is 0.248. The molecule has 2 N–H and O–H groups in total. The summed E-state index contributed by atoms with van der Waals surface area (Å²) in [4.78, 5) is 14.0. The average Bonchev–Trinajstić information content (AvgIpc) is 3.22. The second kappa shape index (κ2) is 10.4. The number of rotatable bonds is 9. The van der Waals surface area contributed by atoms with Crippen molar-refractivity contribution in [3.63, 3.8) is 0 Å². The molecule has 182 valence electrons. The molecule has 0 unspecified atom stereocenters. The number of aromatic nitrogens is 4. The molecule has 0 spiro atoms. The highest BCUT2D eigenvalue weighted by Crippen LogP contribution is 2.35. The van der Waals surface area contributed by atoms with Gasteiger partial charge in [-0.05, 0) is 74.2 Å². The Balaban J connectivity index is 1.72. The van der Waals surface area contributed by atoms with E-state index in [1.807, 2.05) is 35.0 Å². The summed E-state index contributed by atoms with van der Waals surface area (Å²) in [7, 11) is -0.665. The Morgan fingerprint density at radius 2 is 1.77 bits per heavy atom. The van der Waals surface area contributed by atoms with E-state index in [0.717, 1.165) is 11.0 Å². The zero-order valence-corrected chi connectivity index (χ0v) is 21.6. The van der Waals surface area contributed by atoms with E-state index in [-0.39, 0.29) is 0 Å². The number of hydrogen-bond acceptors (Lipinski definition) is 7. The maximum Gasteiger partial charge on any atom is 0.226 e. The Bertz CT molecular complexity index is 1390. The van der Waals surface area contributed by atoms with E-state index in [4.69, 9.17) is 9.72 Å². The molecule has 0 saturated heterocycles. The van der Waals surface area contributed by atoms with Gasteiger partial charge in [-0.1, -0.05) is 18.2 Å². The number of aryl methyl sites for hydroxylation is 2. The molecule has 0 amide bonds. The second-order valence-electron chi connectivity index (χ2n) is 8.78. The van der Waals surface area contributed by atoms with Crippen LogP contribution in [0.25, 0.3) is 23.4 Å². The lowest BCUT2D eigenvalue weighted by molar-refractivity contribution is 0.210. The van der Waals surface area contributed by atoms with Crippen LogP contribution < -0.4 is 15.9 Å². The molecule has 35 heavy (non-hydrogen) atoms. The lowest BCUT2D eigenvalue weighted by Crippen LogP contribution is -2.11. The second-order valence-corrected chi connectivity index (χ2v) is 12.0. The first-order chi connectivity index (χ1) is 16.8. The van der Waals surface area contributed by atoms with Crippen LogP contribution in [0, 0.1) is 13.8 Å². The van der Waals surface area contributed by atoms with Gasteiger partial charge in [-0.15, -0.1) is 0 Å². The van der Waals surface area contributed by atoms with E-state index in [9.17, 15) is 4.57 Å². The summed E-state index contributed by atoms with van der Waals surface area (Å²) < 4.78 is 19.4. The fourth-order valence-electron chi connectivity index (χ4n) is 3.74. The summed E-state index contributed by atoms with van der Waals surface area (Å²) in [6.45, 7) is 8.83. The minimum absolute atomic E-state index is 0.475. The summed E-state index contributed by atoms with van der Waals surface area (Å²) in [6, 6.07) is 13.8. The molecule has 2 aromatic heterocycles. The molecular weight excluding hydrogens is 459 g/mol. The van der Waals surface area contributed by atoms with Crippen LogP contribution in [0.3, 0.4) is 0 Å². The molecule has 0 fully saturated rings. The first-order valence-corrected chi connectivity index (χ1v) is 14.0. The molecule has 4 aromatic rings. The van der Waals surface area contributed by atoms with Gasteiger partial charge in [0.15, 0.2) is 17.0 Å². The lowest BCUT2D eigenvalue weighted by atomic mass is 10.0. The van der Waals surface area contributed by atoms with Gasteiger partial charge in [0.25, 0.3) is 0 Å². The van der Waals surface area contributed by atoms with Crippen molar-refractivity contribution in [1.29, 1.82) is 0 Å². The van der Waals surface area contributed by atoms with Gasteiger partial charge in [0.05, 0.1) is 6.61 Å². The number of methoxy groups -OCH3 is 1. The highest BCUT2D eigenvalue weighted by atomic mass is 31.2. The van der Waals surface area contributed by atoms with Crippen molar-refractivity contribution in [3.8, 4) is 0 Å². The summed E-state index contributed by atoms with van der Waals surface area (Å²) in [6.07, 6.45) is 5.78. The Morgan fingerprint density at radius 1 is 1.06 bits per heavy atom. The van der Waals surface area contributed by atoms with Crippen molar-refractivity contribution in [3.05, 3.63) is 65.5 Å². The van der Waals surface area contributed by atoms with Gasteiger partial charge < -0.3 is 19.9 Å². The lowest BCUT2D eigenvalue weighted by Gasteiger charge is -2.11. The largest absolute Gasteiger partial charge is 0.383 e. The van der Waals surface area contributed by atoms with Crippen LogP contribution in [0.2, 0.25) is 0 Å². The molecule has 0 radical (unpaired) electrons. The number of nitrogens with one attached hydrogen (secondary N) is 2. The molecule has 0 atom stereocenters. The first kappa shape index (κ1) is 24.6. The van der Waals surface area contributed by atoms with E-state index in [0.29, 0.717) is 36.1 Å². The van der Waals surface area contributed by atoms with Crippen LogP contribution in [-0.4, -0.2) is 53.1 Å². The Kier molecular flexibility index (Phi) is 7.34. The van der Waals surface area contributed by atoms with Crippen molar-refractivity contribution in [1.82, 2.24) is 19.5 Å². The molecule has 0 bridgehead atoms. The molecular formula is C26H31N6O2P. The van der Waals surface area contributed by atoms with Crippen LogP contribution in [0.1, 0.15) is 16.7 Å². The molecule has 0 aliphatic carbocycles. The number of fused-ring (bicyclic) bond motifs is 1. The van der Waals surface area contributed by atoms with Crippen LogP contribution in [0.5, 0.6) is 0 Å². The molecule has 8 nitrogen and oxygen atoms in total. The predicted octanol–water partition coefficient (Wildman–Crippen LogP) is 5.12. The van der Waals surface area contributed by atoms with Crippen molar-refractivity contribution in [2.24, 2.45) is 0 Å². The van der Waals surface area contributed by atoms with Crippen molar-refractivity contribution in [2.45, 2.75) is 13.8 Å². The molecule has 2 aromatic carbocycles. The van der Waals surface area contributed by atoms with Gasteiger partial charge in [0.2, 0.25) is 5.95 Å². The summed E-state index contributed by atoms with van der Waals surface area (Å²) in [5.41, 5.74) is 5.73. The molecule has 0 aliphatic heterocycles. The summed E-state index contributed by atoms with van der Waals surface area (Å²) in [5, 5.41) is 7.39. The number of nitrogens with zero attached hydrogens (tertiary/aromatic N) is 4. The standard InChI is InChI=1S/C26H31N6O2P/c1-18-7-6-8-19(2)22(18)13-15-32-17-28-23-24(30-26(31-25(23)32)27-14-16-34-3)29-20-9-11-21(12-10-20)35(4,5)33/h6-13,15,17H,14,16H2,1-5H3,(H2,27,29,30,31). The van der Waals surface area contributed by atoms with Crippen LogP contribution in [0.15, 0.2) is 48.8 Å². The number of imidazole rings is 1. The van der Waals surface area contributed by atoms with E-state index in [2.05, 4.69) is 58.7 Å². The van der Waals surface area contributed by atoms with E-state index >= 15 is 0 Å². The van der Waals surface area contributed by atoms with Crippen molar-refractivity contribution < 1.29 is 9.30 Å². The van der Waals surface area contributed by atoms with Crippen molar-refractivity contribution in [2.75, 3.05) is 44.2 Å². The van der Waals surface area contributed by atoms with Gasteiger partial charge in [-0.25, -0.2) is 4.98 Å². The van der Waals surface area contributed by atoms with Gasteiger partial charge >= 0.3 is 0 Å². The van der Waals surface area contributed by atoms with Crippen molar-refractivity contribution >= 4 is 53.3 Å². The zero-order valence-electron chi connectivity index (χ0n) is 20.7. The number of hydrogen-bond donors (Lipinski definition) is 2. The molecule has 9 heteroatoms. The van der Waals surface area contributed by atoms with Gasteiger partial charge in [0, 0.05) is 30.8 Å². The molecule has 2 heterocycles. The molecule has 0 saturated carbocycles. The van der Waals surface area contributed by atoms with Crippen LogP contribution in [0.4, 0.5) is 17.5 Å². The SMILES string of the molecule is COCCNc1nc(Nc2ccc(P(C)(C)=O)cc2)c2ncn(C=Cc3c(C)cccc3C)c2n1. The highest BCUT2D eigenvalue weighted by molar-refractivity contribution is 7.70. The minimum Gasteiger partial charge on any atom is -0.383 e. The number of anilines is 3. The van der Waals surface area contributed by atoms with Gasteiger partial charge in [-0.2, -0.15) is 9.97 Å². The fourth-order valence-corrected chi connectivity index (χ4v) is 4.61. The third kappa shape index (κ3) is 5.78. The third-order valence-corrected chi connectivity index (χ3v) is 7.25. The third-order valence-electron chi connectivity index (χ3n) is 5.71. The highest BCUT2D eigenvalue weighted by Gasteiger charge is 2.15. The predicted molar refractivity (Wildman–Crippen MR) is 146 cm³/mol.